The van der Waals surface area contributed by atoms with E-state index in [-0.39, 0.29) is 0 Å². The van der Waals surface area contributed by atoms with Gasteiger partial charge in [0, 0.05) is 0 Å². The summed E-state index contributed by atoms with van der Waals surface area (Å²) in [5.41, 5.74) is 0.913. The largest absolute Gasteiger partial charge is 0.204 e. The maximum Gasteiger partial charge on any atom is 0.158 e. The van der Waals surface area contributed by atoms with Crippen LogP contribution in [0, 0.1) is 0 Å². The second-order valence-electron chi connectivity index (χ2n) is 2.16. The van der Waals surface area contributed by atoms with Crippen LogP contribution in [0.1, 0.15) is 13.8 Å². The van der Waals surface area contributed by atoms with E-state index in [0.29, 0.717) is 0 Å². The molecule has 0 fully saturated rings. The molecule has 56 valence electrons. The lowest BCUT2D eigenvalue weighted by atomic mass is 10.3. The van der Waals surface area contributed by atoms with Crippen LogP contribution in [0.2, 0.25) is 0 Å². The highest BCUT2D eigenvalue weighted by molar-refractivity contribution is 5.21. The number of hydrogen-bond acceptors (Lipinski definition) is 0. The second-order valence-corrected chi connectivity index (χ2v) is 2.16. The maximum atomic E-state index is 12.2. The molecule has 0 N–H and O–H groups in total. The van der Waals surface area contributed by atoms with Gasteiger partial charge in [-0.25, -0.2) is 8.78 Å². The molecule has 0 aromatic rings. The molecule has 0 amide bonds. The van der Waals surface area contributed by atoms with Crippen LogP contribution in [0.15, 0.2) is 36.0 Å². The Morgan fingerprint density at radius 1 is 1.20 bits per heavy atom. The molecule has 0 heterocycles. The van der Waals surface area contributed by atoms with Gasteiger partial charge in [-0.15, -0.1) is 0 Å². The first-order chi connectivity index (χ1) is 4.54. The standard InChI is InChI=1S/C8H10F2/c1-6(2)4-5-8(10)7(3)9/h4-5H,3H2,1-2H3/b8-5+. The van der Waals surface area contributed by atoms with Gasteiger partial charge in [0.25, 0.3) is 0 Å². The Morgan fingerprint density at radius 2 is 1.70 bits per heavy atom. The third kappa shape index (κ3) is 4.01. The zero-order chi connectivity index (χ0) is 8.15. The predicted octanol–water partition coefficient (Wildman–Crippen LogP) is 3.29. The van der Waals surface area contributed by atoms with E-state index in [9.17, 15) is 8.78 Å². The number of rotatable bonds is 2. The Balaban J connectivity index is 4.19. The first-order valence-electron chi connectivity index (χ1n) is 2.89. The molecule has 0 aliphatic rings. The minimum absolute atomic E-state index is 0.913. The summed E-state index contributed by atoms with van der Waals surface area (Å²) in [5.74, 6) is -1.95. The fraction of sp³-hybridized carbons (Fsp3) is 0.250. The van der Waals surface area contributed by atoms with Crippen molar-refractivity contribution in [1.29, 1.82) is 0 Å². The topological polar surface area (TPSA) is 0 Å². The third-order valence-corrected chi connectivity index (χ3v) is 0.822. The maximum absolute atomic E-state index is 12.2. The second kappa shape index (κ2) is 3.99. The molecule has 0 spiro atoms. The summed E-state index contributed by atoms with van der Waals surface area (Å²) in [6.45, 7) is 6.39. The molecule has 0 aliphatic heterocycles. The van der Waals surface area contributed by atoms with Crippen molar-refractivity contribution in [1.82, 2.24) is 0 Å². The highest BCUT2D eigenvalue weighted by Crippen LogP contribution is 2.10. The van der Waals surface area contributed by atoms with Crippen LogP contribution in [-0.4, -0.2) is 0 Å². The van der Waals surface area contributed by atoms with Gasteiger partial charge in [0.2, 0.25) is 0 Å². The van der Waals surface area contributed by atoms with Crippen LogP contribution in [0.3, 0.4) is 0 Å². The molecule has 2 heteroatoms. The molecule has 0 aromatic heterocycles. The summed E-state index contributed by atoms with van der Waals surface area (Å²) in [7, 11) is 0. The first-order valence-corrected chi connectivity index (χ1v) is 2.89. The van der Waals surface area contributed by atoms with E-state index in [0.717, 1.165) is 11.6 Å². The number of halogens is 2. The van der Waals surface area contributed by atoms with Gasteiger partial charge in [-0.1, -0.05) is 18.2 Å². The molecule has 0 nitrogen and oxygen atoms in total. The number of hydrogen-bond donors (Lipinski definition) is 0. The van der Waals surface area contributed by atoms with E-state index >= 15 is 0 Å². The molecule has 0 saturated carbocycles. The van der Waals surface area contributed by atoms with Gasteiger partial charge in [0.05, 0.1) is 0 Å². The van der Waals surface area contributed by atoms with Crippen molar-refractivity contribution in [3.8, 4) is 0 Å². The Bertz CT molecular complexity index is 183. The van der Waals surface area contributed by atoms with Crippen molar-refractivity contribution in [2.75, 3.05) is 0 Å². The van der Waals surface area contributed by atoms with Crippen molar-refractivity contribution in [2.45, 2.75) is 13.8 Å². The van der Waals surface area contributed by atoms with Crippen LogP contribution in [0.5, 0.6) is 0 Å². The summed E-state index contributed by atoms with van der Waals surface area (Å²) in [5, 5.41) is 0. The van der Waals surface area contributed by atoms with Crippen LogP contribution in [0.4, 0.5) is 8.78 Å². The Labute approximate surface area is 59.6 Å². The Kier molecular flexibility index (Phi) is 3.62. The van der Waals surface area contributed by atoms with Gasteiger partial charge in [-0.05, 0) is 19.9 Å². The molecule has 10 heavy (non-hydrogen) atoms. The van der Waals surface area contributed by atoms with Crippen molar-refractivity contribution < 1.29 is 8.78 Å². The zero-order valence-electron chi connectivity index (χ0n) is 6.12. The summed E-state index contributed by atoms with van der Waals surface area (Å²) >= 11 is 0. The molecule has 0 bridgehead atoms. The molecule has 0 radical (unpaired) electrons. The molecular formula is C8H10F2. The van der Waals surface area contributed by atoms with Gasteiger partial charge < -0.3 is 0 Å². The Hall–Kier alpha value is -0.920. The van der Waals surface area contributed by atoms with Gasteiger partial charge in [0.1, 0.15) is 0 Å². The smallest absolute Gasteiger partial charge is 0.158 e. The van der Waals surface area contributed by atoms with Crippen molar-refractivity contribution in [2.24, 2.45) is 0 Å². The van der Waals surface area contributed by atoms with Gasteiger partial charge in [-0.3, -0.25) is 0 Å². The lowest BCUT2D eigenvalue weighted by Gasteiger charge is -1.86. The highest BCUT2D eigenvalue weighted by Gasteiger charge is 1.94. The fourth-order valence-corrected chi connectivity index (χ4v) is 0.330. The Morgan fingerprint density at radius 3 is 2.00 bits per heavy atom. The highest BCUT2D eigenvalue weighted by atomic mass is 19.2. The van der Waals surface area contributed by atoms with Crippen LogP contribution in [0.25, 0.3) is 0 Å². The van der Waals surface area contributed by atoms with E-state index in [1.165, 1.54) is 6.08 Å². The molecule has 0 atom stereocenters. The molecule has 0 rings (SSSR count). The van der Waals surface area contributed by atoms with Crippen molar-refractivity contribution >= 4 is 0 Å². The van der Waals surface area contributed by atoms with Crippen LogP contribution >= 0.6 is 0 Å². The van der Waals surface area contributed by atoms with Gasteiger partial charge >= 0.3 is 0 Å². The molecule has 0 unspecified atom stereocenters. The van der Waals surface area contributed by atoms with Gasteiger partial charge in [-0.2, -0.15) is 0 Å². The summed E-state index contributed by atoms with van der Waals surface area (Å²) < 4.78 is 24.1. The van der Waals surface area contributed by atoms with Crippen LogP contribution < -0.4 is 0 Å². The minimum atomic E-state index is -1.03. The fourth-order valence-electron chi connectivity index (χ4n) is 0.330. The van der Waals surface area contributed by atoms with Crippen molar-refractivity contribution in [3.63, 3.8) is 0 Å². The third-order valence-electron chi connectivity index (χ3n) is 0.822. The van der Waals surface area contributed by atoms with E-state index in [2.05, 4.69) is 6.58 Å². The molecule has 0 aliphatic carbocycles. The lowest BCUT2D eigenvalue weighted by Crippen LogP contribution is -1.70. The normalized spacial score (nSPS) is 11.0. The quantitative estimate of drug-likeness (QED) is 0.521. The van der Waals surface area contributed by atoms with E-state index in [1.807, 2.05) is 0 Å². The number of allylic oxidation sites excluding steroid dienone is 5. The predicted molar refractivity (Wildman–Crippen MR) is 38.9 cm³/mol. The molecule has 0 aromatic carbocycles. The summed E-state index contributed by atoms with van der Waals surface area (Å²) in [6.07, 6.45) is 2.54. The zero-order valence-corrected chi connectivity index (χ0v) is 6.12. The van der Waals surface area contributed by atoms with E-state index in [1.54, 1.807) is 13.8 Å². The van der Waals surface area contributed by atoms with Crippen LogP contribution in [-0.2, 0) is 0 Å². The SMILES string of the molecule is C=C(F)/C(F)=C\C=C(C)C. The average Bonchev–Trinajstić information content (AvgIpc) is 1.82. The summed E-state index contributed by atoms with van der Waals surface area (Å²) in [4.78, 5) is 0. The first kappa shape index (κ1) is 9.08. The van der Waals surface area contributed by atoms with Crippen molar-refractivity contribution in [3.05, 3.63) is 36.0 Å². The average molecular weight is 144 g/mol. The monoisotopic (exact) mass is 144 g/mol. The minimum Gasteiger partial charge on any atom is -0.204 e. The molecule has 0 saturated heterocycles. The van der Waals surface area contributed by atoms with E-state index < -0.39 is 11.7 Å². The summed E-state index contributed by atoms with van der Waals surface area (Å²) in [6, 6.07) is 0. The van der Waals surface area contributed by atoms with E-state index in [4.69, 9.17) is 0 Å². The molecular weight excluding hydrogens is 134 g/mol. The lowest BCUT2D eigenvalue weighted by molar-refractivity contribution is 0.548. The van der Waals surface area contributed by atoms with Gasteiger partial charge in [0.15, 0.2) is 11.7 Å².